The van der Waals surface area contributed by atoms with Gasteiger partial charge < -0.3 is 15.4 Å². The first kappa shape index (κ1) is 26.2. The van der Waals surface area contributed by atoms with Gasteiger partial charge in [0.05, 0.1) is 21.9 Å². The molecule has 0 fully saturated rings. The Morgan fingerprint density at radius 3 is 2.51 bits per heavy atom. The van der Waals surface area contributed by atoms with E-state index in [9.17, 15) is 14.4 Å². The van der Waals surface area contributed by atoms with Gasteiger partial charge in [-0.1, -0.05) is 57.3 Å². The molecule has 35 heavy (non-hydrogen) atoms. The molecule has 0 unspecified atom stereocenters. The minimum atomic E-state index is -1.01. The van der Waals surface area contributed by atoms with Crippen molar-refractivity contribution in [1.29, 1.82) is 0 Å². The third-order valence-corrected chi connectivity index (χ3v) is 5.83. The van der Waals surface area contributed by atoms with E-state index in [2.05, 4.69) is 37.1 Å². The van der Waals surface area contributed by atoms with Crippen LogP contribution >= 0.6 is 39.1 Å². The number of ether oxygens (including phenoxy) is 1. The van der Waals surface area contributed by atoms with Crippen LogP contribution in [-0.2, 0) is 14.4 Å². The van der Waals surface area contributed by atoms with Crippen LogP contribution in [0.2, 0.25) is 10.0 Å². The highest BCUT2D eigenvalue weighted by Gasteiger charge is 2.15. The fraction of sp³-hybridized carbons (Fsp3) is 0.0833. The van der Waals surface area contributed by atoms with E-state index < -0.39 is 11.8 Å². The molecule has 0 heterocycles. The van der Waals surface area contributed by atoms with Crippen LogP contribution < -0.4 is 20.8 Å². The molecule has 8 nitrogen and oxygen atoms in total. The maximum atomic E-state index is 12.3. The number of carbonyl (C=O) groups is 3. The van der Waals surface area contributed by atoms with E-state index in [1.54, 1.807) is 42.5 Å². The fourth-order valence-corrected chi connectivity index (χ4v) is 3.63. The van der Waals surface area contributed by atoms with Gasteiger partial charge in [-0.05, 0) is 55.0 Å². The number of benzene rings is 3. The molecule has 0 aliphatic carbocycles. The monoisotopic (exact) mass is 576 g/mol. The third kappa shape index (κ3) is 7.54. The molecule has 180 valence electrons. The van der Waals surface area contributed by atoms with Crippen molar-refractivity contribution in [3.8, 4) is 5.75 Å². The number of rotatable bonds is 7. The Kier molecular flexibility index (Phi) is 9.25. The molecule has 0 atom stereocenters. The highest BCUT2D eigenvalue weighted by molar-refractivity contribution is 9.10. The number of hydrogen-bond donors (Lipinski definition) is 3. The minimum Gasteiger partial charge on any atom is -0.483 e. The molecule has 3 aromatic carbocycles. The molecular formula is C24H19BrCl2N4O4. The Morgan fingerprint density at radius 1 is 0.971 bits per heavy atom. The van der Waals surface area contributed by atoms with E-state index in [1.165, 1.54) is 12.3 Å². The van der Waals surface area contributed by atoms with Crippen LogP contribution in [0.25, 0.3) is 0 Å². The zero-order chi connectivity index (χ0) is 25.4. The largest absolute Gasteiger partial charge is 0.483 e. The molecule has 3 amide bonds. The Bertz CT molecular complexity index is 1300. The minimum absolute atomic E-state index is 0.115. The van der Waals surface area contributed by atoms with Crippen molar-refractivity contribution in [1.82, 2.24) is 5.43 Å². The highest BCUT2D eigenvalue weighted by Crippen LogP contribution is 2.29. The van der Waals surface area contributed by atoms with Gasteiger partial charge >= 0.3 is 11.8 Å². The van der Waals surface area contributed by atoms with Gasteiger partial charge in [0.1, 0.15) is 5.75 Å². The van der Waals surface area contributed by atoms with E-state index in [4.69, 9.17) is 27.9 Å². The molecule has 0 bridgehead atoms. The average Bonchev–Trinajstić information content (AvgIpc) is 2.83. The van der Waals surface area contributed by atoms with E-state index in [1.807, 2.05) is 19.1 Å². The lowest BCUT2D eigenvalue weighted by Gasteiger charge is -2.11. The van der Waals surface area contributed by atoms with Crippen LogP contribution in [0.3, 0.4) is 0 Å². The van der Waals surface area contributed by atoms with Gasteiger partial charge in [0, 0.05) is 15.7 Å². The van der Waals surface area contributed by atoms with E-state index in [0.717, 1.165) is 10.0 Å². The van der Waals surface area contributed by atoms with Gasteiger partial charge in [0.25, 0.3) is 5.91 Å². The average molecular weight is 578 g/mol. The lowest BCUT2D eigenvalue weighted by Crippen LogP contribution is -2.32. The molecule has 11 heteroatoms. The number of nitrogens with zero attached hydrogens (tertiary/aromatic N) is 1. The van der Waals surface area contributed by atoms with Crippen LogP contribution in [0.5, 0.6) is 5.75 Å². The van der Waals surface area contributed by atoms with Crippen LogP contribution in [0.1, 0.15) is 11.1 Å². The van der Waals surface area contributed by atoms with E-state index in [-0.39, 0.29) is 28.2 Å². The summed E-state index contributed by atoms with van der Waals surface area (Å²) in [6, 6.07) is 16.9. The summed E-state index contributed by atoms with van der Waals surface area (Å²) in [6.45, 7) is 1.64. The quantitative estimate of drug-likeness (QED) is 0.204. The van der Waals surface area contributed by atoms with Crippen molar-refractivity contribution < 1.29 is 19.1 Å². The number of amides is 3. The second-order valence-corrected chi connectivity index (χ2v) is 8.79. The zero-order valence-corrected chi connectivity index (χ0v) is 21.4. The number of nitrogens with one attached hydrogen (secondary N) is 3. The van der Waals surface area contributed by atoms with Crippen molar-refractivity contribution in [3.05, 3.63) is 86.3 Å². The number of halogens is 3. The summed E-state index contributed by atoms with van der Waals surface area (Å²) in [5, 5.41) is 9.29. The maximum Gasteiger partial charge on any atom is 0.329 e. The number of hydrazone groups is 1. The zero-order valence-electron chi connectivity index (χ0n) is 18.3. The van der Waals surface area contributed by atoms with Gasteiger partial charge in [-0.25, -0.2) is 5.43 Å². The summed E-state index contributed by atoms with van der Waals surface area (Å²) >= 11 is 15.3. The van der Waals surface area contributed by atoms with E-state index in [0.29, 0.717) is 17.0 Å². The SMILES string of the molecule is Cc1cc(Br)ccc1NC(=O)COc1ccccc1/C=N\NC(=O)C(=O)Nc1cccc(Cl)c1Cl. The molecule has 3 rings (SSSR count). The molecule has 0 aliphatic rings. The van der Waals surface area contributed by atoms with Crippen molar-refractivity contribution in [2.75, 3.05) is 17.2 Å². The van der Waals surface area contributed by atoms with E-state index >= 15 is 0 Å². The standard InChI is InChI=1S/C24H19BrCl2N4O4/c1-14-11-16(25)9-10-18(14)29-21(32)13-35-20-8-3-2-5-15(20)12-28-31-24(34)23(33)30-19-7-4-6-17(26)22(19)27/h2-12H,13H2,1H3,(H,29,32)(H,30,33)(H,31,34)/b28-12-. The normalized spacial score (nSPS) is 10.6. The molecule has 0 aromatic heterocycles. The van der Waals surface area contributed by atoms with Gasteiger partial charge in [0.2, 0.25) is 0 Å². The van der Waals surface area contributed by atoms with Gasteiger partial charge in [0.15, 0.2) is 6.61 Å². The van der Waals surface area contributed by atoms with Crippen LogP contribution in [-0.4, -0.2) is 30.5 Å². The topological polar surface area (TPSA) is 109 Å². The maximum absolute atomic E-state index is 12.3. The third-order valence-electron chi connectivity index (χ3n) is 4.52. The predicted octanol–water partition coefficient (Wildman–Crippen LogP) is 5.17. The highest BCUT2D eigenvalue weighted by atomic mass is 79.9. The smallest absolute Gasteiger partial charge is 0.329 e. The Labute approximate surface area is 219 Å². The second kappa shape index (κ2) is 12.3. The Morgan fingerprint density at radius 2 is 1.74 bits per heavy atom. The summed E-state index contributed by atoms with van der Waals surface area (Å²) in [7, 11) is 0. The summed E-state index contributed by atoms with van der Waals surface area (Å²) in [5.41, 5.74) is 4.38. The Balaban J connectivity index is 1.56. The van der Waals surface area contributed by atoms with Crippen LogP contribution in [0, 0.1) is 6.92 Å². The number of hydrogen-bond acceptors (Lipinski definition) is 5. The number of carbonyl (C=O) groups excluding carboxylic acids is 3. The second-order valence-electron chi connectivity index (χ2n) is 7.09. The predicted molar refractivity (Wildman–Crippen MR) is 140 cm³/mol. The van der Waals surface area contributed by atoms with Crippen molar-refractivity contribution >= 4 is 74.4 Å². The van der Waals surface area contributed by atoms with Crippen LogP contribution in [0.15, 0.2) is 70.2 Å². The first-order chi connectivity index (χ1) is 16.7. The molecule has 0 saturated carbocycles. The molecular weight excluding hydrogens is 559 g/mol. The first-order valence-electron chi connectivity index (χ1n) is 10.1. The molecule has 3 aromatic rings. The van der Waals surface area contributed by atoms with Gasteiger partial charge in [-0.2, -0.15) is 5.10 Å². The Hall–Kier alpha value is -3.40. The molecule has 0 saturated heterocycles. The number of para-hydroxylation sites is 1. The summed E-state index contributed by atoms with van der Waals surface area (Å²) in [5.74, 6) is -1.97. The molecule has 3 N–H and O–H groups in total. The molecule has 0 aliphatic heterocycles. The summed E-state index contributed by atoms with van der Waals surface area (Å²) in [4.78, 5) is 36.4. The summed E-state index contributed by atoms with van der Waals surface area (Å²) < 4.78 is 6.52. The number of anilines is 2. The van der Waals surface area contributed by atoms with Crippen molar-refractivity contribution in [2.45, 2.75) is 6.92 Å². The molecule has 0 spiro atoms. The van der Waals surface area contributed by atoms with Crippen LogP contribution in [0.4, 0.5) is 11.4 Å². The first-order valence-corrected chi connectivity index (χ1v) is 11.7. The van der Waals surface area contributed by atoms with Gasteiger partial charge in [-0.15, -0.1) is 0 Å². The summed E-state index contributed by atoms with van der Waals surface area (Å²) in [6.07, 6.45) is 1.30. The van der Waals surface area contributed by atoms with Crippen molar-refractivity contribution in [2.24, 2.45) is 5.10 Å². The van der Waals surface area contributed by atoms with Gasteiger partial charge in [-0.3, -0.25) is 14.4 Å². The lowest BCUT2D eigenvalue weighted by atomic mass is 10.2. The van der Waals surface area contributed by atoms with Crippen molar-refractivity contribution in [3.63, 3.8) is 0 Å². The lowest BCUT2D eigenvalue weighted by molar-refractivity contribution is -0.136. The molecule has 0 radical (unpaired) electrons. The fourth-order valence-electron chi connectivity index (χ4n) is 2.81. The number of aryl methyl sites for hydroxylation is 1.